The molecular weight excluding hydrogens is 395 g/mol. The zero-order valence-corrected chi connectivity index (χ0v) is 18.2. The van der Waals surface area contributed by atoms with Crippen LogP contribution in [0.3, 0.4) is 0 Å². The third kappa shape index (κ3) is 5.91. The van der Waals surface area contributed by atoms with Crippen LogP contribution in [0.1, 0.15) is 25.1 Å². The molecule has 0 atom stereocenters. The summed E-state index contributed by atoms with van der Waals surface area (Å²) in [5.74, 6) is 1.03. The van der Waals surface area contributed by atoms with Crippen molar-refractivity contribution in [2.24, 2.45) is 0 Å². The Kier molecular flexibility index (Phi) is 7.02. The van der Waals surface area contributed by atoms with Crippen molar-refractivity contribution in [3.8, 4) is 0 Å². The van der Waals surface area contributed by atoms with Gasteiger partial charge in [-0.05, 0) is 69.7 Å². The van der Waals surface area contributed by atoms with Crippen LogP contribution in [0.5, 0.6) is 0 Å². The number of aromatic nitrogens is 2. The van der Waals surface area contributed by atoms with Crippen LogP contribution in [0.4, 0.5) is 38.0 Å². The minimum Gasteiger partial charge on any atom is -0.357 e. The normalized spacial score (nSPS) is 10.5. The number of nitrogens with zero attached hydrogens (tertiary/aromatic N) is 3. The lowest BCUT2D eigenvalue weighted by Gasteiger charge is -2.20. The predicted molar refractivity (Wildman–Crippen MR) is 124 cm³/mol. The number of carbonyl (C=O) groups is 1. The number of carbonyl (C=O) groups excluding carboxylic acids is 1. The third-order valence-corrected chi connectivity index (χ3v) is 4.76. The van der Waals surface area contributed by atoms with Crippen LogP contribution in [0.2, 0.25) is 0 Å². The van der Waals surface area contributed by atoms with Crippen molar-refractivity contribution in [2.45, 2.75) is 27.7 Å². The van der Waals surface area contributed by atoms with E-state index in [1.807, 2.05) is 25.1 Å². The Balaban J connectivity index is 1.63. The number of aryl methyl sites for hydroxylation is 2. The van der Waals surface area contributed by atoms with Crippen LogP contribution in [0, 0.1) is 19.7 Å². The van der Waals surface area contributed by atoms with Gasteiger partial charge >= 0.3 is 6.03 Å². The largest absolute Gasteiger partial charge is 0.357 e. The molecule has 2 amide bonds. The molecule has 162 valence electrons. The molecule has 0 bridgehead atoms. The SMILES string of the molecule is CCN(CC)c1cc(C)nc(Nc2ccc(NC(=O)Nc3ccc(C)c(F)c3)cc2)n1. The summed E-state index contributed by atoms with van der Waals surface area (Å²) in [5.41, 5.74) is 3.18. The quantitative estimate of drug-likeness (QED) is 0.471. The average Bonchev–Trinajstić information content (AvgIpc) is 2.73. The molecule has 3 N–H and O–H groups in total. The molecule has 31 heavy (non-hydrogen) atoms. The number of hydrogen-bond acceptors (Lipinski definition) is 5. The van der Waals surface area contributed by atoms with Gasteiger partial charge in [-0.2, -0.15) is 4.98 Å². The molecule has 0 radical (unpaired) electrons. The van der Waals surface area contributed by atoms with Crippen LogP contribution in [-0.4, -0.2) is 29.1 Å². The van der Waals surface area contributed by atoms with E-state index in [4.69, 9.17) is 0 Å². The second-order valence-corrected chi connectivity index (χ2v) is 7.11. The molecule has 0 aliphatic carbocycles. The van der Waals surface area contributed by atoms with Crippen molar-refractivity contribution in [3.63, 3.8) is 0 Å². The number of urea groups is 1. The highest BCUT2D eigenvalue weighted by molar-refractivity contribution is 5.99. The minimum absolute atomic E-state index is 0.365. The lowest BCUT2D eigenvalue weighted by Crippen LogP contribution is -2.23. The van der Waals surface area contributed by atoms with E-state index >= 15 is 0 Å². The molecular formula is C23H27FN6O. The van der Waals surface area contributed by atoms with E-state index in [9.17, 15) is 9.18 Å². The van der Waals surface area contributed by atoms with E-state index in [0.29, 0.717) is 22.9 Å². The highest BCUT2D eigenvalue weighted by Crippen LogP contribution is 2.20. The van der Waals surface area contributed by atoms with Crippen LogP contribution < -0.4 is 20.9 Å². The Morgan fingerprint density at radius 2 is 1.52 bits per heavy atom. The van der Waals surface area contributed by atoms with Gasteiger partial charge in [-0.25, -0.2) is 14.2 Å². The van der Waals surface area contributed by atoms with Gasteiger partial charge < -0.3 is 20.9 Å². The number of nitrogens with one attached hydrogen (secondary N) is 3. The summed E-state index contributed by atoms with van der Waals surface area (Å²) < 4.78 is 13.6. The van der Waals surface area contributed by atoms with Gasteiger partial charge in [-0.1, -0.05) is 6.07 Å². The smallest absolute Gasteiger partial charge is 0.323 e. The van der Waals surface area contributed by atoms with Crippen LogP contribution in [0.15, 0.2) is 48.5 Å². The topological polar surface area (TPSA) is 82.2 Å². The first-order valence-electron chi connectivity index (χ1n) is 10.2. The van der Waals surface area contributed by atoms with Gasteiger partial charge in [0.15, 0.2) is 0 Å². The molecule has 0 spiro atoms. The molecule has 0 saturated carbocycles. The Hall–Kier alpha value is -3.68. The maximum atomic E-state index is 13.6. The average molecular weight is 423 g/mol. The van der Waals surface area contributed by atoms with Crippen molar-refractivity contribution in [3.05, 3.63) is 65.6 Å². The van der Waals surface area contributed by atoms with E-state index in [0.717, 1.165) is 30.3 Å². The molecule has 0 aliphatic heterocycles. The summed E-state index contributed by atoms with van der Waals surface area (Å²) in [6.07, 6.45) is 0. The van der Waals surface area contributed by atoms with Crippen molar-refractivity contribution in [1.82, 2.24) is 9.97 Å². The number of benzene rings is 2. The van der Waals surface area contributed by atoms with E-state index in [-0.39, 0.29) is 5.82 Å². The molecule has 0 aliphatic rings. The highest BCUT2D eigenvalue weighted by atomic mass is 19.1. The van der Waals surface area contributed by atoms with E-state index < -0.39 is 6.03 Å². The van der Waals surface area contributed by atoms with Crippen LogP contribution in [0.25, 0.3) is 0 Å². The second kappa shape index (κ2) is 9.88. The summed E-state index contributed by atoms with van der Waals surface area (Å²) in [5, 5.41) is 8.54. The Labute approximate surface area is 181 Å². The first-order chi connectivity index (χ1) is 14.9. The highest BCUT2D eigenvalue weighted by Gasteiger charge is 2.09. The number of anilines is 5. The molecule has 8 heteroatoms. The third-order valence-electron chi connectivity index (χ3n) is 4.76. The summed E-state index contributed by atoms with van der Waals surface area (Å²) >= 11 is 0. The number of hydrogen-bond donors (Lipinski definition) is 3. The van der Waals surface area contributed by atoms with E-state index in [1.54, 1.807) is 31.2 Å². The van der Waals surface area contributed by atoms with Gasteiger partial charge in [0, 0.05) is 41.9 Å². The van der Waals surface area contributed by atoms with Crippen molar-refractivity contribution >= 4 is 34.9 Å². The van der Waals surface area contributed by atoms with Gasteiger partial charge in [0.25, 0.3) is 0 Å². The van der Waals surface area contributed by atoms with Gasteiger partial charge in [-0.15, -0.1) is 0 Å². The van der Waals surface area contributed by atoms with Crippen molar-refractivity contribution in [2.75, 3.05) is 33.9 Å². The molecule has 3 aromatic rings. The number of amides is 2. The fourth-order valence-corrected chi connectivity index (χ4v) is 3.05. The van der Waals surface area contributed by atoms with Gasteiger partial charge in [0.1, 0.15) is 11.6 Å². The van der Waals surface area contributed by atoms with Crippen molar-refractivity contribution in [1.29, 1.82) is 0 Å². The molecule has 2 aromatic carbocycles. The predicted octanol–water partition coefficient (Wildman–Crippen LogP) is 5.47. The summed E-state index contributed by atoms with van der Waals surface area (Å²) in [6.45, 7) is 9.51. The zero-order chi connectivity index (χ0) is 22.4. The summed E-state index contributed by atoms with van der Waals surface area (Å²) in [4.78, 5) is 23.4. The zero-order valence-electron chi connectivity index (χ0n) is 18.2. The van der Waals surface area contributed by atoms with Crippen molar-refractivity contribution < 1.29 is 9.18 Å². The molecule has 1 heterocycles. The van der Waals surface area contributed by atoms with Gasteiger partial charge in [0.05, 0.1) is 0 Å². The van der Waals surface area contributed by atoms with E-state index in [2.05, 4.69) is 44.7 Å². The molecule has 7 nitrogen and oxygen atoms in total. The Morgan fingerprint density at radius 3 is 2.16 bits per heavy atom. The Bertz CT molecular complexity index is 1050. The molecule has 3 rings (SSSR count). The van der Waals surface area contributed by atoms with Crippen LogP contribution >= 0.6 is 0 Å². The molecule has 1 aromatic heterocycles. The summed E-state index contributed by atoms with van der Waals surface area (Å²) in [6, 6.07) is 13.2. The molecule has 0 fully saturated rings. The number of halogens is 1. The lowest BCUT2D eigenvalue weighted by molar-refractivity contribution is 0.262. The Morgan fingerprint density at radius 1 is 0.903 bits per heavy atom. The maximum absolute atomic E-state index is 13.6. The fraction of sp³-hybridized carbons (Fsp3) is 0.261. The first-order valence-corrected chi connectivity index (χ1v) is 10.2. The lowest BCUT2D eigenvalue weighted by atomic mass is 10.2. The standard InChI is InChI=1S/C23H27FN6O/c1-5-30(6-2)21-13-16(4)25-22(29-21)26-17-9-11-18(12-10-17)27-23(31)28-19-8-7-15(3)20(24)14-19/h7-14H,5-6H2,1-4H3,(H,25,26,29)(H2,27,28,31). The van der Waals surface area contributed by atoms with E-state index in [1.165, 1.54) is 6.07 Å². The monoisotopic (exact) mass is 422 g/mol. The number of rotatable bonds is 7. The second-order valence-electron chi connectivity index (χ2n) is 7.11. The molecule has 0 saturated heterocycles. The van der Waals surface area contributed by atoms with Crippen LogP contribution in [-0.2, 0) is 0 Å². The fourth-order valence-electron chi connectivity index (χ4n) is 3.05. The summed E-state index contributed by atoms with van der Waals surface area (Å²) in [7, 11) is 0. The molecule has 0 unspecified atom stereocenters. The maximum Gasteiger partial charge on any atom is 0.323 e. The van der Waals surface area contributed by atoms with Gasteiger partial charge in [-0.3, -0.25) is 0 Å². The van der Waals surface area contributed by atoms with Gasteiger partial charge in [0.2, 0.25) is 5.95 Å². The first kappa shape index (κ1) is 22.0. The minimum atomic E-state index is -0.449.